The van der Waals surface area contributed by atoms with E-state index in [2.05, 4.69) is 10.2 Å². The summed E-state index contributed by atoms with van der Waals surface area (Å²) >= 11 is 0. The van der Waals surface area contributed by atoms with Crippen molar-refractivity contribution >= 4 is 11.8 Å². The van der Waals surface area contributed by atoms with E-state index in [0.29, 0.717) is 38.2 Å². The zero-order valence-electron chi connectivity index (χ0n) is 16.0. The number of nitrogens with zero attached hydrogens (tertiary/aromatic N) is 2. The molecule has 0 aliphatic carbocycles. The van der Waals surface area contributed by atoms with Crippen LogP contribution in [-0.2, 0) is 20.9 Å². The number of piperidine rings is 1. The van der Waals surface area contributed by atoms with E-state index in [0.717, 1.165) is 44.2 Å². The zero-order chi connectivity index (χ0) is 19.3. The molecule has 1 aromatic carbocycles. The van der Waals surface area contributed by atoms with Gasteiger partial charge in [0.05, 0.1) is 19.1 Å². The molecular formula is C20H27N3O5. The van der Waals surface area contributed by atoms with Gasteiger partial charge in [0.1, 0.15) is 0 Å². The average molecular weight is 389 g/mol. The number of hydrogen-bond donors (Lipinski definition) is 1. The third kappa shape index (κ3) is 4.56. The number of likely N-dealkylation sites (tertiary alicyclic amines) is 1. The third-order valence-electron chi connectivity index (χ3n) is 5.56. The summed E-state index contributed by atoms with van der Waals surface area (Å²) in [6, 6.07) is 5.67. The van der Waals surface area contributed by atoms with Gasteiger partial charge in [-0.2, -0.15) is 0 Å². The fourth-order valence-electron chi connectivity index (χ4n) is 3.82. The van der Waals surface area contributed by atoms with E-state index >= 15 is 0 Å². The normalized spacial score (nSPS) is 22.4. The summed E-state index contributed by atoms with van der Waals surface area (Å²) in [5.41, 5.74) is 0.966. The van der Waals surface area contributed by atoms with Crippen LogP contribution >= 0.6 is 0 Å². The maximum Gasteiger partial charge on any atom is 0.231 e. The fraction of sp³-hybridized carbons (Fsp3) is 0.600. The van der Waals surface area contributed by atoms with Crippen molar-refractivity contribution in [1.29, 1.82) is 0 Å². The van der Waals surface area contributed by atoms with Gasteiger partial charge in [-0.15, -0.1) is 0 Å². The zero-order valence-corrected chi connectivity index (χ0v) is 16.0. The molecule has 0 saturated carbocycles. The smallest absolute Gasteiger partial charge is 0.231 e. The second-order valence-electron chi connectivity index (χ2n) is 7.43. The van der Waals surface area contributed by atoms with E-state index in [9.17, 15) is 9.59 Å². The molecule has 3 aliphatic heterocycles. The summed E-state index contributed by atoms with van der Waals surface area (Å²) in [5.74, 6) is 1.44. The maximum absolute atomic E-state index is 12.6. The topological polar surface area (TPSA) is 80.3 Å². The van der Waals surface area contributed by atoms with Crippen molar-refractivity contribution in [2.24, 2.45) is 5.92 Å². The third-order valence-corrected chi connectivity index (χ3v) is 5.56. The number of rotatable bonds is 6. The first-order chi connectivity index (χ1) is 13.7. The van der Waals surface area contributed by atoms with Crippen molar-refractivity contribution < 1.29 is 23.8 Å². The van der Waals surface area contributed by atoms with Crippen molar-refractivity contribution in [3.63, 3.8) is 0 Å². The highest BCUT2D eigenvalue weighted by Crippen LogP contribution is 2.32. The van der Waals surface area contributed by atoms with E-state index < -0.39 is 0 Å². The molecule has 4 rings (SSSR count). The number of benzene rings is 1. The van der Waals surface area contributed by atoms with Crippen molar-refractivity contribution in [2.75, 3.05) is 52.7 Å². The van der Waals surface area contributed by atoms with Gasteiger partial charge < -0.3 is 24.4 Å². The number of morpholine rings is 1. The molecule has 8 heteroatoms. The first-order valence-corrected chi connectivity index (χ1v) is 9.93. The molecule has 1 aromatic rings. The number of amides is 2. The Morgan fingerprint density at radius 1 is 1.14 bits per heavy atom. The Hall–Kier alpha value is -2.32. The molecule has 3 heterocycles. The molecule has 0 bridgehead atoms. The predicted molar refractivity (Wildman–Crippen MR) is 101 cm³/mol. The quantitative estimate of drug-likeness (QED) is 0.768. The molecule has 0 unspecified atom stereocenters. The standard InChI is InChI=1S/C20H27N3O5/c24-19-4-2-16(13-23(19)6-5-22-7-9-26-10-8-22)20(25)21-12-15-1-3-17-18(11-15)28-14-27-17/h1,3,11,16H,2,4-10,12-14H2,(H,21,25)/t16-/m0/s1. The van der Waals surface area contributed by atoms with Crippen molar-refractivity contribution in [2.45, 2.75) is 19.4 Å². The number of ether oxygens (including phenoxy) is 3. The second-order valence-corrected chi connectivity index (χ2v) is 7.43. The Morgan fingerprint density at radius 2 is 1.96 bits per heavy atom. The van der Waals surface area contributed by atoms with Gasteiger partial charge in [-0.1, -0.05) is 6.07 Å². The van der Waals surface area contributed by atoms with Gasteiger partial charge in [-0.3, -0.25) is 14.5 Å². The number of fused-ring (bicyclic) bond motifs is 1. The summed E-state index contributed by atoms with van der Waals surface area (Å²) in [5, 5.41) is 3.00. The molecule has 0 spiro atoms. The van der Waals surface area contributed by atoms with Crippen LogP contribution in [0.4, 0.5) is 0 Å². The highest BCUT2D eigenvalue weighted by molar-refractivity contribution is 5.83. The summed E-state index contributed by atoms with van der Waals surface area (Å²) < 4.78 is 16.0. The Morgan fingerprint density at radius 3 is 2.82 bits per heavy atom. The van der Waals surface area contributed by atoms with Crippen LogP contribution in [0.2, 0.25) is 0 Å². The minimum absolute atomic E-state index is 0.00143. The van der Waals surface area contributed by atoms with Crippen LogP contribution in [0.25, 0.3) is 0 Å². The summed E-state index contributed by atoms with van der Waals surface area (Å²) in [6.45, 7) is 5.98. The van der Waals surface area contributed by atoms with E-state index in [-0.39, 0.29) is 24.5 Å². The van der Waals surface area contributed by atoms with E-state index in [1.165, 1.54) is 0 Å². The largest absolute Gasteiger partial charge is 0.454 e. The second kappa shape index (κ2) is 8.79. The molecule has 28 heavy (non-hydrogen) atoms. The first kappa shape index (κ1) is 19.0. The Bertz CT molecular complexity index is 720. The Balaban J connectivity index is 1.26. The molecule has 0 radical (unpaired) electrons. The first-order valence-electron chi connectivity index (χ1n) is 9.93. The predicted octanol–water partition coefficient (Wildman–Crippen LogP) is 0.602. The number of carbonyl (C=O) groups excluding carboxylic acids is 2. The van der Waals surface area contributed by atoms with Gasteiger partial charge in [0, 0.05) is 45.7 Å². The maximum atomic E-state index is 12.6. The average Bonchev–Trinajstić information content (AvgIpc) is 3.20. The molecule has 1 atom stereocenters. The van der Waals surface area contributed by atoms with Gasteiger partial charge in [0.2, 0.25) is 18.6 Å². The van der Waals surface area contributed by atoms with Crippen molar-refractivity contribution in [1.82, 2.24) is 15.1 Å². The van der Waals surface area contributed by atoms with Crippen LogP contribution < -0.4 is 14.8 Å². The van der Waals surface area contributed by atoms with Gasteiger partial charge >= 0.3 is 0 Å². The molecule has 2 saturated heterocycles. The van der Waals surface area contributed by atoms with Crippen LogP contribution in [0.1, 0.15) is 18.4 Å². The summed E-state index contributed by atoms with van der Waals surface area (Å²) in [6.07, 6.45) is 1.05. The molecule has 0 aromatic heterocycles. The molecule has 2 fully saturated rings. The lowest BCUT2D eigenvalue weighted by molar-refractivity contribution is -0.138. The van der Waals surface area contributed by atoms with Crippen molar-refractivity contribution in [3.8, 4) is 11.5 Å². The number of carbonyl (C=O) groups is 2. The highest BCUT2D eigenvalue weighted by Gasteiger charge is 2.30. The molecule has 2 amide bonds. The van der Waals surface area contributed by atoms with Crippen LogP contribution in [0.3, 0.4) is 0 Å². The van der Waals surface area contributed by atoms with Crippen LogP contribution in [0, 0.1) is 5.92 Å². The lowest BCUT2D eigenvalue weighted by atomic mass is 9.96. The molecule has 1 N–H and O–H groups in total. The monoisotopic (exact) mass is 389 g/mol. The minimum atomic E-state index is -0.156. The van der Waals surface area contributed by atoms with Gasteiger partial charge in [-0.05, 0) is 24.1 Å². The number of nitrogens with one attached hydrogen (secondary N) is 1. The Kier molecular flexibility index (Phi) is 5.97. The van der Waals surface area contributed by atoms with E-state index in [4.69, 9.17) is 14.2 Å². The van der Waals surface area contributed by atoms with Crippen LogP contribution in [0.15, 0.2) is 18.2 Å². The van der Waals surface area contributed by atoms with E-state index in [1.54, 1.807) is 0 Å². The Labute approximate surface area is 164 Å². The molecule has 152 valence electrons. The minimum Gasteiger partial charge on any atom is -0.454 e. The van der Waals surface area contributed by atoms with Crippen LogP contribution in [0.5, 0.6) is 11.5 Å². The summed E-state index contributed by atoms with van der Waals surface area (Å²) in [4.78, 5) is 29.0. The lowest BCUT2D eigenvalue weighted by Gasteiger charge is -2.34. The summed E-state index contributed by atoms with van der Waals surface area (Å²) in [7, 11) is 0. The van der Waals surface area contributed by atoms with Gasteiger partial charge in [0.15, 0.2) is 11.5 Å². The molecule has 8 nitrogen and oxygen atoms in total. The fourth-order valence-corrected chi connectivity index (χ4v) is 3.82. The van der Waals surface area contributed by atoms with Gasteiger partial charge in [0.25, 0.3) is 0 Å². The van der Waals surface area contributed by atoms with Gasteiger partial charge in [-0.25, -0.2) is 0 Å². The highest BCUT2D eigenvalue weighted by atomic mass is 16.7. The molecule has 3 aliphatic rings. The van der Waals surface area contributed by atoms with Crippen LogP contribution in [-0.4, -0.2) is 74.3 Å². The van der Waals surface area contributed by atoms with Crippen molar-refractivity contribution in [3.05, 3.63) is 23.8 Å². The molecular weight excluding hydrogens is 362 g/mol. The SMILES string of the molecule is O=C(NCc1ccc2c(c1)OCO2)[C@H]1CCC(=O)N(CCN2CCOCC2)C1. The number of hydrogen-bond acceptors (Lipinski definition) is 6. The lowest BCUT2D eigenvalue weighted by Crippen LogP contribution is -2.49. The van der Waals surface area contributed by atoms with E-state index in [1.807, 2.05) is 23.1 Å².